The Bertz CT molecular complexity index is 2210. The summed E-state index contributed by atoms with van der Waals surface area (Å²) in [6, 6.07) is -2.10. The third kappa shape index (κ3) is 22.6. The van der Waals surface area contributed by atoms with Crippen molar-refractivity contribution in [2.45, 2.75) is 140 Å². The number of guanidine groups is 1. The van der Waals surface area contributed by atoms with Crippen molar-refractivity contribution < 1.29 is 53.4 Å². The number of nitrogens with zero attached hydrogens (tertiary/aromatic N) is 2. The standard InChI is InChI=1S/C48H80N16O11/c1-27-16-17-30(28(2)23-27)24-35(43(70)60-32(12-5-7-19-50)42(69)61-34(47(74)75)14-9-21-56-48(54)55)62-44(71)36-15-10-22-64(36)46(73)33(13-8-20-51)59-38(66)26-57-40(67)29(3)58-45(72)39(37(65)25-52)63-41(68)31(53)11-4-6-18-49/h14,16-17,23,29,31-32,35-37,39,65H,4-13,15,18-22,24-26,49-53H2,1-3H3,(H,57,67)(H,58,72)(H,60,70)(H,61,69)(H,62,71)(H,63,68)(H,74,75)(H4,54,55,56)/b34-14-,59-33+/t29-,31-,32-,35-,36-,37-,39-/m0/s1. The van der Waals surface area contributed by atoms with Gasteiger partial charge < -0.3 is 86.7 Å². The van der Waals surface area contributed by atoms with E-state index in [0.29, 0.717) is 44.2 Å². The number of carbonyl (C=O) groups is 9. The maximum Gasteiger partial charge on any atom is 0.352 e. The number of aliphatic carboxylic acids is 1. The van der Waals surface area contributed by atoms with Crippen molar-refractivity contribution in [1.82, 2.24) is 42.1 Å². The Morgan fingerprint density at radius 2 is 1.49 bits per heavy atom. The molecule has 418 valence electrons. The van der Waals surface area contributed by atoms with Crippen molar-refractivity contribution in [2.75, 3.05) is 45.8 Å². The first kappa shape index (κ1) is 64.2. The fraction of sp³-hybridized carbons (Fsp3) is 0.604. The molecule has 75 heavy (non-hydrogen) atoms. The van der Waals surface area contributed by atoms with Gasteiger partial charge in [0.25, 0.3) is 11.8 Å². The summed E-state index contributed by atoms with van der Waals surface area (Å²) in [5.74, 6) is -8.39. The molecule has 27 heteroatoms. The average molecular weight is 1060 g/mol. The molecule has 1 aliphatic heterocycles. The van der Waals surface area contributed by atoms with Gasteiger partial charge in [-0.3, -0.25) is 43.8 Å². The van der Waals surface area contributed by atoms with Crippen LogP contribution in [0, 0.1) is 19.3 Å². The Kier molecular flexibility index (Phi) is 28.9. The Balaban J connectivity index is 2.33. The van der Waals surface area contributed by atoms with Crippen LogP contribution in [0.25, 0.3) is 0 Å². The van der Waals surface area contributed by atoms with E-state index in [0.717, 1.165) is 11.1 Å². The number of unbranched alkanes of at least 4 members (excludes halogenated alkanes) is 2. The number of aliphatic hydroxyl groups is 1. The van der Waals surface area contributed by atoms with Gasteiger partial charge in [-0.15, -0.1) is 0 Å². The molecule has 0 bridgehead atoms. The van der Waals surface area contributed by atoms with Crippen LogP contribution in [0.3, 0.4) is 0 Å². The number of aliphatic hydroxyl groups excluding tert-OH is 1. The number of rotatable bonds is 33. The monoisotopic (exact) mass is 1060 g/mol. The highest BCUT2D eigenvalue weighted by atomic mass is 16.4. The average Bonchev–Trinajstić information content (AvgIpc) is 3.87. The molecular weight excluding hydrogens is 977 g/mol. The van der Waals surface area contributed by atoms with Gasteiger partial charge in [0.05, 0.1) is 18.7 Å². The van der Waals surface area contributed by atoms with Crippen molar-refractivity contribution >= 4 is 64.9 Å². The number of aliphatic imine (C=N–C) groups is 1. The number of hydrogen-bond donors (Lipinski definition) is 16. The first-order valence-corrected chi connectivity index (χ1v) is 25.1. The van der Waals surface area contributed by atoms with Crippen molar-refractivity contribution in [3.63, 3.8) is 0 Å². The molecule has 7 atom stereocenters. The van der Waals surface area contributed by atoms with Crippen LogP contribution in [0.4, 0.5) is 0 Å². The van der Waals surface area contributed by atoms with Crippen LogP contribution in [-0.2, 0) is 49.6 Å². The SMILES string of the molecule is Cc1ccc(C[C@H](NC(=O)[C@@H]2CCCN2C(=O)/C(CCCN)=N/C(=O)CNC(=O)[C@H](C)NC(=O)[C@@H](NC(=O)[C@@H](N)CCCCN)[C@@H](O)CN)C(=O)N[C@@H](CCCCN)C(=O)N/C(=C\CCNC(=N)N)C(=O)O)c(C)c1. The second kappa shape index (κ2) is 33.8. The molecule has 0 aliphatic carbocycles. The predicted octanol–water partition coefficient (Wildman–Crippen LogP) is -4.52. The first-order chi connectivity index (χ1) is 35.6. The summed E-state index contributed by atoms with van der Waals surface area (Å²) in [5, 5.41) is 45.0. The summed E-state index contributed by atoms with van der Waals surface area (Å²) in [5.41, 5.74) is 35.5. The molecule has 0 unspecified atom stereocenters. The van der Waals surface area contributed by atoms with E-state index in [2.05, 4.69) is 42.2 Å². The first-order valence-electron chi connectivity index (χ1n) is 25.1. The highest BCUT2D eigenvalue weighted by molar-refractivity contribution is 6.40. The molecule has 2 rings (SSSR count). The van der Waals surface area contributed by atoms with Gasteiger partial charge in [0.2, 0.25) is 35.4 Å². The molecule has 0 radical (unpaired) electrons. The molecule has 0 spiro atoms. The van der Waals surface area contributed by atoms with Crippen LogP contribution in [0.5, 0.6) is 0 Å². The Morgan fingerprint density at radius 3 is 2.11 bits per heavy atom. The fourth-order valence-electron chi connectivity index (χ4n) is 7.82. The number of carbonyl (C=O) groups excluding carboxylic acids is 8. The number of carboxylic acid groups (broad SMARTS) is 1. The Morgan fingerprint density at radius 1 is 0.827 bits per heavy atom. The zero-order chi connectivity index (χ0) is 56.2. The third-order valence-electron chi connectivity index (χ3n) is 12.1. The second-order valence-corrected chi connectivity index (χ2v) is 18.2. The van der Waals surface area contributed by atoms with E-state index < -0.39 is 114 Å². The molecule has 1 aliphatic rings. The Hall–Kier alpha value is -6.91. The van der Waals surface area contributed by atoms with E-state index in [-0.39, 0.29) is 82.8 Å². The molecule has 1 aromatic rings. The van der Waals surface area contributed by atoms with E-state index in [1.807, 2.05) is 26.0 Å². The van der Waals surface area contributed by atoms with E-state index >= 15 is 0 Å². The van der Waals surface area contributed by atoms with Crippen LogP contribution >= 0.6 is 0 Å². The lowest BCUT2D eigenvalue weighted by molar-refractivity contribution is -0.137. The summed E-state index contributed by atoms with van der Waals surface area (Å²) in [7, 11) is 0. The van der Waals surface area contributed by atoms with E-state index in [1.54, 1.807) is 6.07 Å². The molecule has 8 amide bonds. The molecule has 1 heterocycles. The smallest absolute Gasteiger partial charge is 0.352 e. The lowest BCUT2D eigenvalue weighted by Crippen LogP contribution is -2.60. The van der Waals surface area contributed by atoms with Gasteiger partial charge in [-0.1, -0.05) is 36.3 Å². The van der Waals surface area contributed by atoms with Crippen molar-refractivity contribution in [3.05, 3.63) is 46.7 Å². The second-order valence-electron chi connectivity index (χ2n) is 18.2. The lowest BCUT2D eigenvalue weighted by atomic mass is 9.98. The van der Waals surface area contributed by atoms with Crippen LogP contribution in [0.15, 0.2) is 35.0 Å². The Labute approximate surface area is 436 Å². The van der Waals surface area contributed by atoms with Crippen LogP contribution in [0.1, 0.15) is 94.2 Å². The quantitative estimate of drug-likeness (QED) is 0.0136. The molecule has 22 N–H and O–H groups in total. The van der Waals surface area contributed by atoms with Crippen molar-refractivity contribution in [2.24, 2.45) is 39.4 Å². The van der Waals surface area contributed by atoms with E-state index in [4.69, 9.17) is 39.8 Å². The third-order valence-corrected chi connectivity index (χ3v) is 12.1. The van der Waals surface area contributed by atoms with Crippen LogP contribution in [0.2, 0.25) is 0 Å². The van der Waals surface area contributed by atoms with Crippen LogP contribution < -0.4 is 71.6 Å². The van der Waals surface area contributed by atoms with Gasteiger partial charge in [0.1, 0.15) is 41.6 Å². The summed E-state index contributed by atoms with van der Waals surface area (Å²) in [4.78, 5) is 126. The van der Waals surface area contributed by atoms with E-state index in [9.17, 15) is 53.4 Å². The van der Waals surface area contributed by atoms with Gasteiger partial charge in [0.15, 0.2) is 5.96 Å². The zero-order valence-corrected chi connectivity index (χ0v) is 43.2. The van der Waals surface area contributed by atoms with Gasteiger partial charge >= 0.3 is 5.97 Å². The molecule has 1 aromatic carbocycles. The van der Waals surface area contributed by atoms with Gasteiger partial charge in [-0.05, 0) is 116 Å². The maximum absolute atomic E-state index is 14.3. The number of likely N-dealkylation sites (tertiary alicyclic amines) is 1. The minimum atomic E-state index is -1.57. The molecular formula is C48H80N16O11. The van der Waals surface area contributed by atoms with Gasteiger partial charge in [-0.2, -0.15) is 0 Å². The van der Waals surface area contributed by atoms with Crippen molar-refractivity contribution in [3.8, 4) is 0 Å². The van der Waals surface area contributed by atoms with Crippen molar-refractivity contribution in [1.29, 1.82) is 5.41 Å². The topological polar surface area (TPSA) is 474 Å². The number of hydrogen-bond acceptors (Lipinski definition) is 16. The maximum atomic E-state index is 14.3. The fourth-order valence-corrected chi connectivity index (χ4v) is 7.82. The van der Waals surface area contributed by atoms with Crippen LogP contribution in [-0.4, -0.2) is 168 Å². The molecule has 0 saturated carbocycles. The number of aryl methyl sites for hydroxylation is 2. The highest BCUT2D eigenvalue weighted by Crippen LogP contribution is 2.21. The number of benzene rings is 1. The predicted molar refractivity (Wildman–Crippen MR) is 279 cm³/mol. The van der Waals surface area contributed by atoms with Gasteiger partial charge in [-0.25, -0.2) is 9.79 Å². The number of carboxylic acids is 1. The summed E-state index contributed by atoms with van der Waals surface area (Å²) in [6.45, 7) is 4.82. The number of nitrogens with one attached hydrogen (secondary N) is 8. The molecule has 1 fully saturated rings. The minimum Gasteiger partial charge on any atom is -0.477 e. The summed E-state index contributed by atoms with van der Waals surface area (Å²) < 4.78 is 0. The van der Waals surface area contributed by atoms with E-state index in [1.165, 1.54) is 17.9 Å². The molecule has 27 nitrogen and oxygen atoms in total. The normalized spacial score (nSPS) is 16.0. The molecule has 1 saturated heterocycles. The highest BCUT2D eigenvalue weighted by Gasteiger charge is 2.39. The lowest BCUT2D eigenvalue weighted by Gasteiger charge is -2.28. The molecule has 0 aromatic heterocycles. The minimum absolute atomic E-state index is 0.0475. The summed E-state index contributed by atoms with van der Waals surface area (Å²) in [6.07, 6.45) is 2.70. The number of nitrogens with two attached hydrogens (primary N) is 6. The largest absolute Gasteiger partial charge is 0.477 e. The zero-order valence-electron chi connectivity index (χ0n) is 43.2. The number of amides is 8. The van der Waals surface area contributed by atoms with Gasteiger partial charge in [0, 0.05) is 26.1 Å². The summed E-state index contributed by atoms with van der Waals surface area (Å²) >= 11 is 0.